The zero-order chi connectivity index (χ0) is 28.8. The van der Waals surface area contributed by atoms with E-state index in [1.165, 1.54) is 28.0 Å². The van der Waals surface area contributed by atoms with E-state index >= 15 is 0 Å². The van der Waals surface area contributed by atoms with E-state index in [4.69, 9.17) is 52.1 Å². The molecule has 2 heterocycles. The summed E-state index contributed by atoms with van der Waals surface area (Å²) in [6.07, 6.45) is -1.09. The Bertz CT molecular complexity index is 1440. The summed E-state index contributed by atoms with van der Waals surface area (Å²) in [7, 11) is -4.37. The fourth-order valence-electron chi connectivity index (χ4n) is 4.85. The summed E-state index contributed by atoms with van der Waals surface area (Å²) in [6, 6.07) is 4.94. The first-order valence-corrected chi connectivity index (χ1v) is 14.8. The summed E-state index contributed by atoms with van der Waals surface area (Å²) in [6.45, 7) is 3.05. The van der Waals surface area contributed by atoms with Gasteiger partial charge in [-0.1, -0.05) is 52.5 Å². The van der Waals surface area contributed by atoms with Crippen LogP contribution in [0.3, 0.4) is 0 Å². The van der Waals surface area contributed by atoms with Gasteiger partial charge in [0.2, 0.25) is 21.8 Å². The third-order valence-corrected chi connectivity index (χ3v) is 9.99. The van der Waals surface area contributed by atoms with Crippen molar-refractivity contribution in [3.05, 3.63) is 62.1 Å². The number of carbonyl (C=O) groups excluding carboxylic acids is 3. The van der Waals surface area contributed by atoms with E-state index < -0.39 is 46.8 Å². The average Bonchev–Trinajstić information content (AvgIpc) is 2.83. The first-order valence-electron chi connectivity index (χ1n) is 11.8. The fraction of sp³-hybridized carbons (Fsp3) is 0.375. The van der Waals surface area contributed by atoms with Gasteiger partial charge < -0.3 is 20.9 Å². The van der Waals surface area contributed by atoms with Crippen molar-refractivity contribution >= 4 is 74.3 Å². The molecule has 2 saturated heterocycles. The zero-order valence-corrected chi connectivity index (χ0v) is 24.6. The number of benzene rings is 2. The molecule has 2 aliphatic rings. The number of sulfonamides is 1. The van der Waals surface area contributed by atoms with Gasteiger partial charge in [0, 0.05) is 24.0 Å². The molecule has 4 rings (SSSR count). The largest absolute Gasteiger partial charge is 0.352 e. The van der Waals surface area contributed by atoms with E-state index in [0.29, 0.717) is 10.6 Å². The van der Waals surface area contributed by atoms with Crippen LogP contribution >= 0.6 is 46.4 Å². The van der Waals surface area contributed by atoms with Gasteiger partial charge in [-0.15, -0.1) is 0 Å². The van der Waals surface area contributed by atoms with Gasteiger partial charge in [0.25, 0.3) is 0 Å². The summed E-state index contributed by atoms with van der Waals surface area (Å²) >= 11 is 24.5. The fourth-order valence-corrected chi connectivity index (χ4v) is 7.50. The second kappa shape index (κ2) is 11.3. The minimum absolute atomic E-state index is 0.0140. The maximum absolute atomic E-state index is 14.0. The Labute approximate surface area is 245 Å². The molecule has 2 aromatic rings. The monoisotopic (exact) mass is 635 g/mol. The van der Waals surface area contributed by atoms with Crippen LogP contribution in [0.2, 0.25) is 20.1 Å². The van der Waals surface area contributed by atoms with Gasteiger partial charge in [-0.2, -0.15) is 4.31 Å². The van der Waals surface area contributed by atoms with E-state index in [1.807, 2.05) is 0 Å². The van der Waals surface area contributed by atoms with E-state index in [1.54, 1.807) is 32.0 Å². The Kier molecular flexibility index (Phi) is 8.61. The molecule has 0 aliphatic carbocycles. The Morgan fingerprint density at radius 3 is 2.28 bits per heavy atom. The quantitative estimate of drug-likeness (QED) is 0.502. The molecule has 39 heavy (non-hydrogen) atoms. The summed E-state index contributed by atoms with van der Waals surface area (Å²) < 4.78 is 29.1. The number of carbonyl (C=O) groups is 3. The highest BCUT2D eigenvalue weighted by atomic mass is 35.5. The van der Waals surface area contributed by atoms with Crippen molar-refractivity contribution in [2.75, 3.05) is 13.1 Å². The normalized spacial score (nSPS) is 22.3. The van der Waals surface area contributed by atoms with E-state index in [0.717, 1.165) is 4.31 Å². The summed E-state index contributed by atoms with van der Waals surface area (Å²) in [5.74, 6) is -1.03. The van der Waals surface area contributed by atoms with Crippen LogP contribution in [-0.4, -0.2) is 77.7 Å². The Morgan fingerprint density at radius 1 is 1.00 bits per heavy atom. The highest BCUT2D eigenvalue weighted by molar-refractivity contribution is 7.89. The molecule has 0 bridgehead atoms. The molecule has 2 aromatic carbocycles. The number of urea groups is 1. The molecule has 3 N–H and O–H groups in total. The number of primary amides is 1. The van der Waals surface area contributed by atoms with Crippen LogP contribution in [0.1, 0.15) is 19.4 Å². The molecule has 2 aliphatic heterocycles. The minimum atomic E-state index is -4.37. The maximum Gasteiger partial charge on any atom is 0.312 e. The maximum atomic E-state index is 14.0. The van der Waals surface area contributed by atoms with Crippen molar-refractivity contribution < 1.29 is 22.8 Å². The highest BCUT2D eigenvalue weighted by Crippen LogP contribution is 2.35. The minimum Gasteiger partial charge on any atom is -0.352 e. The number of piperazine rings is 1. The van der Waals surface area contributed by atoms with Crippen molar-refractivity contribution in [2.24, 2.45) is 5.73 Å². The Balaban J connectivity index is 1.85. The number of amides is 4. The molecule has 10 nitrogen and oxygen atoms in total. The predicted octanol–water partition coefficient (Wildman–Crippen LogP) is 3.36. The van der Waals surface area contributed by atoms with Crippen molar-refractivity contribution in [1.82, 2.24) is 19.4 Å². The number of hydrogen-bond acceptors (Lipinski definition) is 5. The third kappa shape index (κ3) is 5.79. The molecule has 4 amide bonds. The number of nitrogens with zero attached hydrogens (tertiary/aromatic N) is 3. The van der Waals surface area contributed by atoms with Crippen LogP contribution in [0.5, 0.6) is 0 Å². The zero-order valence-electron chi connectivity index (χ0n) is 20.8. The molecular weight excluding hydrogens is 612 g/mol. The Morgan fingerprint density at radius 2 is 1.69 bits per heavy atom. The number of halogens is 4. The van der Waals surface area contributed by atoms with Crippen LogP contribution < -0.4 is 11.1 Å². The molecule has 0 spiro atoms. The third-order valence-electron chi connectivity index (χ3n) is 6.67. The lowest BCUT2D eigenvalue weighted by atomic mass is 9.96. The van der Waals surface area contributed by atoms with Gasteiger partial charge in [0.15, 0.2) is 0 Å². The number of nitrogens with two attached hydrogens (primary N) is 1. The molecule has 0 saturated carbocycles. The van der Waals surface area contributed by atoms with Crippen LogP contribution in [0.4, 0.5) is 4.79 Å². The van der Waals surface area contributed by atoms with E-state index in [-0.39, 0.29) is 44.9 Å². The van der Waals surface area contributed by atoms with Gasteiger partial charge in [-0.25, -0.2) is 13.2 Å². The predicted molar refractivity (Wildman–Crippen MR) is 148 cm³/mol. The summed E-state index contributed by atoms with van der Waals surface area (Å²) in [5, 5.41) is 3.00. The average molecular weight is 637 g/mol. The lowest BCUT2D eigenvalue weighted by Crippen LogP contribution is -2.76. The number of hydrogen-bond donors (Lipinski definition) is 2. The van der Waals surface area contributed by atoms with Crippen molar-refractivity contribution in [3.63, 3.8) is 0 Å². The van der Waals surface area contributed by atoms with E-state index in [9.17, 15) is 22.8 Å². The lowest BCUT2D eigenvalue weighted by molar-refractivity contribution is -0.168. The highest BCUT2D eigenvalue weighted by Gasteiger charge is 2.54. The molecule has 3 atom stereocenters. The van der Waals surface area contributed by atoms with Crippen LogP contribution in [0, 0.1) is 0 Å². The number of fused-ring (bicyclic) bond motifs is 1. The van der Waals surface area contributed by atoms with Crippen molar-refractivity contribution in [1.29, 1.82) is 0 Å². The molecule has 0 radical (unpaired) electrons. The van der Waals surface area contributed by atoms with Gasteiger partial charge >= 0.3 is 6.03 Å². The van der Waals surface area contributed by atoms with Crippen LogP contribution in [0.25, 0.3) is 0 Å². The standard InChI is InChI=1S/C24H25Cl4N5O5S/c1-12(2)31-11-21-32(39(37,38)20-6-4-14(25)9-17(20)28)10-18(30-24(29)36)22(34)33(21)19(23(31)35)8-13-3-5-15(26)16(27)7-13/h3-7,9,12,18-19,21H,8,10-11H2,1-2H3,(H3,29,30,36). The molecule has 15 heteroatoms. The smallest absolute Gasteiger partial charge is 0.312 e. The molecule has 3 unspecified atom stereocenters. The number of nitrogens with one attached hydrogen (secondary N) is 1. The van der Waals surface area contributed by atoms with Gasteiger partial charge in [-0.3, -0.25) is 9.59 Å². The number of rotatable bonds is 6. The first-order chi connectivity index (χ1) is 18.2. The second-order valence-corrected chi connectivity index (χ2v) is 13.0. The first kappa shape index (κ1) is 29.7. The summed E-state index contributed by atoms with van der Waals surface area (Å²) in [5.41, 5.74) is 5.91. The lowest BCUT2D eigenvalue weighted by Gasteiger charge is -2.54. The van der Waals surface area contributed by atoms with Gasteiger partial charge in [-0.05, 0) is 49.7 Å². The van der Waals surface area contributed by atoms with Crippen molar-refractivity contribution in [3.8, 4) is 0 Å². The Hall–Kier alpha value is -2.28. The topological polar surface area (TPSA) is 133 Å². The van der Waals surface area contributed by atoms with Gasteiger partial charge in [0.05, 0.1) is 21.6 Å². The SMILES string of the molecule is CC(C)N1CC2N(C(=O)C(NC(N)=O)CN2S(=O)(=O)c2ccc(Cl)cc2Cl)C(Cc2ccc(Cl)c(Cl)c2)C1=O. The molecule has 210 valence electrons. The van der Waals surface area contributed by atoms with E-state index in [2.05, 4.69) is 5.32 Å². The van der Waals surface area contributed by atoms with Gasteiger partial charge in [0.1, 0.15) is 23.1 Å². The molecular formula is C24H25Cl4N5O5S. The summed E-state index contributed by atoms with van der Waals surface area (Å²) in [4.78, 5) is 41.7. The van der Waals surface area contributed by atoms with Crippen molar-refractivity contribution in [2.45, 2.75) is 49.5 Å². The van der Waals surface area contributed by atoms with Crippen LogP contribution in [0.15, 0.2) is 41.3 Å². The second-order valence-electron chi connectivity index (χ2n) is 9.49. The van der Waals surface area contributed by atoms with Crippen LogP contribution in [-0.2, 0) is 26.0 Å². The molecule has 2 fully saturated rings. The molecule has 0 aromatic heterocycles.